The van der Waals surface area contributed by atoms with Gasteiger partial charge >= 0.3 is 6.18 Å². The maximum Gasteiger partial charge on any atom is 0.416 e. The van der Waals surface area contributed by atoms with Crippen LogP contribution in [-0.4, -0.2) is 4.57 Å². The smallest absolute Gasteiger partial charge is 0.344 e. The van der Waals surface area contributed by atoms with Crippen LogP contribution < -0.4 is 0 Å². The molecule has 98 valence electrons. The van der Waals surface area contributed by atoms with E-state index in [1.807, 2.05) is 0 Å². The van der Waals surface area contributed by atoms with Crippen LogP contribution in [-0.2, 0) is 13.2 Å². The lowest BCUT2D eigenvalue weighted by Gasteiger charge is -2.06. The number of benzene rings is 2. The highest BCUT2D eigenvalue weighted by Crippen LogP contribution is 2.35. The molecule has 0 saturated carbocycles. The minimum Gasteiger partial charge on any atom is -0.344 e. The molecule has 4 heteroatoms. The molecule has 0 saturated heterocycles. The van der Waals surface area contributed by atoms with Crippen molar-refractivity contribution in [3.8, 4) is 0 Å². The Hall–Kier alpha value is -1.97. The average Bonchev–Trinajstić information content (AvgIpc) is 2.69. The third-order valence-electron chi connectivity index (χ3n) is 3.11. The number of hydrogen-bond acceptors (Lipinski definition) is 0. The minimum atomic E-state index is -4.81. The van der Waals surface area contributed by atoms with Crippen molar-refractivity contribution in [1.82, 2.24) is 4.57 Å². The minimum absolute atomic E-state index is 0.000995. The first kappa shape index (κ1) is 8.25. The van der Waals surface area contributed by atoms with Crippen LogP contribution in [0.2, 0.25) is 0 Å². The Morgan fingerprint density at radius 1 is 1.05 bits per heavy atom. The van der Waals surface area contributed by atoms with Crippen LogP contribution in [0, 0.1) is 6.92 Å². The molecule has 0 N–H and O–H groups in total. The highest BCUT2D eigenvalue weighted by molar-refractivity contribution is 6.08. The topological polar surface area (TPSA) is 4.93 Å². The van der Waals surface area contributed by atoms with Gasteiger partial charge in [-0.25, -0.2) is 0 Å². The lowest BCUT2D eigenvalue weighted by atomic mass is 10.1. The van der Waals surface area contributed by atoms with Crippen molar-refractivity contribution < 1.29 is 18.7 Å². The maximum atomic E-state index is 13.2. The molecule has 1 aromatic heterocycles. The van der Waals surface area contributed by atoms with Crippen molar-refractivity contribution in [3.63, 3.8) is 0 Å². The van der Waals surface area contributed by atoms with E-state index in [9.17, 15) is 13.2 Å². The van der Waals surface area contributed by atoms with E-state index >= 15 is 0 Å². The lowest BCUT2D eigenvalue weighted by Crippen LogP contribution is -2.04. The number of aromatic nitrogens is 1. The summed E-state index contributed by atoms with van der Waals surface area (Å²) in [5, 5.41) is 0.213. The number of alkyl halides is 3. The van der Waals surface area contributed by atoms with Gasteiger partial charge in [0.05, 0.1) is 11.0 Å². The molecule has 0 unspecified atom stereocenters. The molecule has 3 rings (SSSR count). The number of fused-ring (bicyclic) bond motifs is 3. The summed E-state index contributed by atoms with van der Waals surface area (Å²) in [5.74, 6) is 0. The Bertz CT molecular complexity index is 973. The van der Waals surface area contributed by atoms with Gasteiger partial charge in [0.15, 0.2) is 0 Å². The van der Waals surface area contributed by atoms with Crippen LogP contribution >= 0.6 is 0 Å². The largest absolute Gasteiger partial charge is 0.416 e. The van der Waals surface area contributed by atoms with Crippen LogP contribution in [0.15, 0.2) is 36.3 Å². The Morgan fingerprint density at radius 2 is 1.63 bits per heavy atom. The summed E-state index contributed by atoms with van der Waals surface area (Å²) in [5.41, 5.74) is -0.272. The number of rotatable bonds is 0. The standard InChI is InChI=1S/C15H12F3N/c1-9-3-5-13-11(7-9)12-8-10(15(16,17)18)4-6-14(12)19(13)2/h3-8H,1-2H3/i3D,4D,7D,8D. The Balaban J connectivity index is 2.65. The molecule has 3 aromatic rings. The maximum absolute atomic E-state index is 13.2. The number of aryl methyl sites for hydroxylation is 1. The summed E-state index contributed by atoms with van der Waals surface area (Å²) in [6.07, 6.45) is -4.81. The first-order valence-electron chi connectivity index (χ1n) is 7.62. The second-order valence-electron chi connectivity index (χ2n) is 4.40. The Labute approximate surface area is 113 Å². The third-order valence-corrected chi connectivity index (χ3v) is 3.11. The SMILES string of the molecule is [2H]c1cc2c(c([2H])c1C)c1c([2H])c(C(F)(F)F)c([2H])cc1n2C. The summed E-state index contributed by atoms with van der Waals surface area (Å²) >= 11 is 0. The molecule has 0 amide bonds. The quantitative estimate of drug-likeness (QED) is 0.558. The lowest BCUT2D eigenvalue weighted by molar-refractivity contribution is -0.137. The predicted molar refractivity (Wildman–Crippen MR) is 70.2 cm³/mol. The molecule has 0 aliphatic heterocycles. The van der Waals surface area contributed by atoms with Crippen LogP contribution in [0.5, 0.6) is 0 Å². The number of nitrogens with zero attached hydrogens (tertiary/aromatic N) is 1. The summed E-state index contributed by atoms with van der Waals surface area (Å²) in [7, 11) is 1.59. The second-order valence-corrected chi connectivity index (χ2v) is 4.40. The van der Waals surface area contributed by atoms with E-state index in [1.54, 1.807) is 14.0 Å². The molecule has 0 spiro atoms. The molecule has 0 aliphatic carbocycles. The van der Waals surface area contributed by atoms with Crippen LogP contribution in [0.25, 0.3) is 21.8 Å². The molecule has 0 aliphatic rings. The van der Waals surface area contributed by atoms with E-state index in [1.165, 1.54) is 10.6 Å². The summed E-state index contributed by atoms with van der Waals surface area (Å²) in [6, 6.07) is 1.03. The van der Waals surface area contributed by atoms with E-state index in [-0.39, 0.29) is 28.4 Å². The average molecular weight is 267 g/mol. The van der Waals surface area contributed by atoms with Crippen LogP contribution in [0.1, 0.15) is 16.6 Å². The van der Waals surface area contributed by atoms with E-state index in [0.29, 0.717) is 11.1 Å². The van der Waals surface area contributed by atoms with Crippen molar-refractivity contribution in [1.29, 1.82) is 0 Å². The summed E-state index contributed by atoms with van der Waals surface area (Å²) in [6.45, 7) is 1.55. The highest BCUT2D eigenvalue weighted by Gasteiger charge is 2.30. The first-order valence-corrected chi connectivity index (χ1v) is 5.62. The van der Waals surface area contributed by atoms with Gasteiger partial charge in [0, 0.05) is 28.9 Å². The van der Waals surface area contributed by atoms with Crippen molar-refractivity contribution >= 4 is 21.8 Å². The van der Waals surface area contributed by atoms with Crippen molar-refractivity contribution in [2.75, 3.05) is 0 Å². The van der Waals surface area contributed by atoms with Crippen molar-refractivity contribution in [2.24, 2.45) is 7.05 Å². The summed E-state index contributed by atoms with van der Waals surface area (Å²) in [4.78, 5) is 0. The number of halogens is 3. The van der Waals surface area contributed by atoms with E-state index in [4.69, 9.17) is 5.48 Å². The molecular formula is C15H12F3N. The molecule has 0 bridgehead atoms. The molecule has 2 aromatic carbocycles. The second kappa shape index (κ2) is 3.76. The molecule has 1 nitrogen and oxygen atoms in total. The highest BCUT2D eigenvalue weighted by atomic mass is 19.4. The fourth-order valence-electron chi connectivity index (χ4n) is 2.17. The Kier molecular flexibility index (Phi) is 1.63. The van der Waals surface area contributed by atoms with Crippen molar-refractivity contribution in [3.05, 3.63) is 47.4 Å². The summed E-state index contributed by atoms with van der Waals surface area (Å²) < 4.78 is 72.6. The number of hydrogen-bond donors (Lipinski definition) is 0. The van der Waals surface area contributed by atoms with Gasteiger partial charge in [0.25, 0.3) is 0 Å². The van der Waals surface area contributed by atoms with Gasteiger partial charge in [-0.2, -0.15) is 13.2 Å². The zero-order valence-corrected chi connectivity index (χ0v) is 10.2. The van der Waals surface area contributed by atoms with Crippen LogP contribution in [0.3, 0.4) is 0 Å². The molecule has 1 heterocycles. The normalized spacial score (nSPS) is 15.4. The zero-order valence-electron chi connectivity index (χ0n) is 14.2. The molecule has 0 radical (unpaired) electrons. The monoisotopic (exact) mass is 267 g/mol. The van der Waals surface area contributed by atoms with E-state index < -0.39 is 23.8 Å². The van der Waals surface area contributed by atoms with Gasteiger partial charge in [0.2, 0.25) is 0 Å². The van der Waals surface area contributed by atoms with Gasteiger partial charge in [-0.15, -0.1) is 0 Å². The van der Waals surface area contributed by atoms with Gasteiger partial charge in [-0.1, -0.05) is 11.6 Å². The fourth-order valence-corrected chi connectivity index (χ4v) is 2.17. The van der Waals surface area contributed by atoms with E-state index in [0.717, 1.165) is 6.07 Å². The molecular weight excluding hydrogens is 251 g/mol. The van der Waals surface area contributed by atoms with Gasteiger partial charge in [-0.3, -0.25) is 0 Å². The zero-order chi connectivity index (χ0) is 17.3. The molecule has 0 atom stereocenters. The van der Waals surface area contributed by atoms with Gasteiger partial charge in [-0.05, 0) is 37.2 Å². The third kappa shape index (κ3) is 1.79. The Morgan fingerprint density at radius 3 is 2.26 bits per heavy atom. The van der Waals surface area contributed by atoms with Gasteiger partial charge in [0.1, 0.15) is 0 Å². The van der Waals surface area contributed by atoms with Crippen LogP contribution in [0.4, 0.5) is 13.2 Å². The van der Waals surface area contributed by atoms with E-state index in [2.05, 4.69) is 0 Å². The first-order chi connectivity index (χ1) is 10.6. The molecule has 0 fully saturated rings. The predicted octanol–water partition coefficient (Wildman–Crippen LogP) is 4.66. The molecule has 19 heavy (non-hydrogen) atoms. The van der Waals surface area contributed by atoms with Crippen molar-refractivity contribution in [2.45, 2.75) is 13.1 Å². The fraction of sp³-hybridized carbons (Fsp3) is 0.200. The van der Waals surface area contributed by atoms with Gasteiger partial charge < -0.3 is 4.57 Å².